The van der Waals surface area contributed by atoms with Crippen LogP contribution in [0.3, 0.4) is 0 Å². The molecule has 0 amide bonds. The molecule has 7 heteroatoms. The molecule has 0 aliphatic rings. The van der Waals surface area contributed by atoms with Crippen molar-refractivity contribution in [3.05, 3.63) is 64.0 Å². The van der Waals surface area contributed by atoms with Gasteiger partial charge in [-0.05, 0) is 30.3 Å². The van der Waals surface area contributed by atoms with Crippen LogP contribution in [0.5, 0.6) is 0 Å². The Morgan fingerprint density at radius 1 is 1.25 bits per heavy atom. The van der Waals surface area contributed by atoms with Crippen LogP contribution in [-0.2, 0) is 0 Å². The number of carboxylic acids is 1. The number of carboxylic acid groups (broad SMARTS) is 1. The number of hydrogen-bond acceptors (Lipinski definition) is 4. The molecule has 2 aromatic rings. The van der Waals surface area contributed by atoms with Crippen molar-refractivity contribution < 1.29 is 19.2 Å². The summed E-state index contributed by atoms with van der Waals surface area (Å²) in [6.07, 6.45) is 0. The molecular weight excluding hydrogens is 267 g/mol. The molecule has 6 nitrogen and oxygen atoms in total. The second-order valence-electron chi connectivity index (χ2n) is 3.90. The van der Waals surface area contributed by atoms with Crippen LogP contribution in [0.15, 0.2) is 42.5 Å². The van der Waals surface area contributed by atoms with E-state index < -0.39 is 22.4 Å². The molecule has 0 aliphatic heterocycles. The average Bonchev–Trinajstić information content (AvgIpc) is 2.38. The first-order chi connectivity index (χ1) is 9.49. The van der Waals surface area contributed by atoms with Gasteiger partial charge in [-0.15, -0.1) is 0 Å². The van der Waals surface area contributed by atoms with Crippen molar-refractivity contribution >= 4 is 23.0 Å². The first-order valence-electron chi connectivity index (χ1n) is 5.52. The van der Waals surface area contributed by atoms with E-state index in [4.69, 9.17) is 5.11 Å². The predicted molar refractivity (Wildman–Crippen MR) is 69.7 cm³/mol. The summed E-state index contributed by atoms with van der Waals surface area (Å²) in [5.74, 6) is -2.09. The average molecular weight is 276 g/mol. The van der Waals surface area contributed by atoms with Crippen molar-refractivity contribution in [2.24, 2.45) is 0 Å². The van der Waals surface area contributed by atoms with E-state index in [1.807, 2.05) is 0 Å². The van der Waals surface area contributed by atoms with Crippen LogP contribution in [0.4, 0.5) is 21.5 Å². The molecular formula is C13H9FN2O4. The van der Waals surface area contributed by atoms with E-state index in [1.165, 1.54) is 36.4 Å². The summed E-state index contributed by atoms with van der Waals surface area (Å²) in [5.41, 5.74) is -0.390. The Bertz CT molecular complexity index is 688. The monoisotopic (exact) mass is 276 g/mol. The topological polar surface area (TPSA) is 92.5 Å². The minimum atomic E-state index is -1.12. The number of rotatable bonds is 4. The third kappa shape index (κ3) is 2.72. The molecule has 0 spiro atoms. The number of halogens is 1. The lowest BCUT2D eigenvalue weighted by Gasteiger charge is -2.08. The van der Waals surface area contributed by atoms with Crippen LogP contribution in [0.2, 0.25) is 0 Å². The van der Waals surface area contributed by atoms with E-state index in [9.17, 15) is 19.3 Å². The van der Waals surface area contributed by atoms with Gasteiger partial charge in [0, 0.05) is 5.69 Å². The van der Waals surface area contributed by atoms with Crippen molar-refractivity contribution in [2.75, 3.05) is 5.32 Å². The van der Waals surface area contributed by atoms with E-state index in [-0.39, 0.29) is 11.3 Å². The molecule has 2 N–H and O–H groups in total. The second-order valence-corrected chi connectivity index (χ2v) is 3.90. The molecule has 20 heavy (non-hydrogen) atoms. The Kier molecular flexibility index (Phi) is 3.60. The molecule has 0 radical (unpaired) electrons. The fourth-order valence-corrected chi connectivity index (χ4v) is 1.69. The van der Waals surface area contributed by atoms with Gasteiger partial charge in [0.05, 0.1) is 10.5 Å². The molecule has 0 saturated carbocycles. The minimum Gasteiger partial charge on any atom is -0.478 e. The fraction of sp³-hybridized carbons (Fsp3) is 0. The summed E-state index contributed by atoms with van der Waals surface area (Å²) in [7, 11) is 0. The predicted octanol–water partition coefficient (Wildman–Crippen LogP) is 3.18. The summed E-state index contributed by atoms with van der Waals surface area (Å²) in [4.78, 5) is 20.8. The quantitative estimate of drug-likeness (QED) is 0.660. The maximum Gasteiger partial charge on any atom is 0.335 e. The van der Waals surface area contributed by atoms with E-state index in [2.05, 4.69) is 5.32 Å². The molecule has 0 bridgehead atoms. The second kappa shape index (κ2) is 5.35. The maximum absolute atomic E-state index is 13.4. The lowest BCUT2D eigenvalue weighted by atomic mass is 10.2. The van der Waals surface area contributed by atoms with Crippen molar-refractivity contribution in [3.8, 4) is 0 Å². The van der Waals surface area contributed by atoms with E-state index in [0.29, 0.717) is 5.69 Å². The van der Waals surface area contributed by atoms with E-state index in [1.54, 1.807) is 0 Å². The number of aromatic carboxylic acids is 1. The highest BCUT2D eigenvalue weighted by Gasteiger charge is 2.19. The Balaban J connectivity index is 2.40. The minimum absolute atomic E-state index is 0.0223. The fourth-order valence-electron chi connectivity index (χ4n) is 1.69. The van der Waals surface area contributed by atoms with Gasteiger partial charge in [-0.3, -0.25) is 10.1 Å². The zero-order chi connectivity index (χ0) is 14.7. The Labute approximate surface area is 112 Å². The van der Waals surface area contributed by atoms with Gasteiger partial charge in [-0.1, -0.05) is 12.1 Å². The maximum atomic E-state index is 13.4. The standard InChI is InChI=1S/C13H9FN2O4/c14-10-5-2-6-11(12(10)16(19)20)15-9-4-1-3-8(7-9)13(17)18/h1-7,15H,(H,17,18). The van der Waals surface area contributed by atoms with Crippen LogP contribution in [0.25, 0.3) is 0 Å². The Morgan fingerprint density at radius 3 is 2.60 bits per heavy atom. The van der Waals surface area contributed by atoms with Gasteiger partial charge in [-0.2, -0.15) is 4.39 Å². The normalized spacial score (nSPS) is 10.1. The first kappa shape index (κ1) is 13.5. The molecule has 0 unspecified atom stereocenters. The molecule has 0 fully saturated rings. The number of anilines is 2. The lowest BCUT2D eigenvalue weighted by molar-refractivity contribution is -0.386. The molecule has 2 aromatic carbocycles. The number of nitrogens with one attached hydrogen (secondary N) is 1. The number of nitrogens with zero attached hydrogens (tertiary/aromatic N) is 1. The van der Waals surface area contributed by atoms with Crippen molar-refractivity contribution in [1.29, 1.82) is 0 Å². The summed E-state index contributed by atoms with van der Waals surface area (Å²) < 4.78 is 13.4. The molecule has 2 rings (SSSR count). The number of para-hydroxylation sites is 1. The van der Waals surface area contributed by atoms with Gasteiger partial charge in [0.25, 0.3) is 0 Å². The number of nitro groups is 1. The third-order valence-corrected chi connectivity index (χ3v) is 2.56. The molecule has 0 heterocycles. The number of carbonyl (C=O) groups is 1. The van der Waals surface area contributed by atoms with Crippen molar-refractivity contribution in [3.63, 3.8) is 0 Å². The van der Waals surface area contributed by atoms with Crippen LogP contribution in [-0.4, -0.2) is 16.0 Å². The number of benzene rings is 2. The highest BCUT2D eigenvalue weighted by Crippen LogP contribution is 2.30. The van der Waals surface area contributed by atoms with Crippen LogP contribution in [0.1, 0.15) is 10.4 Å². The van der Waals surface area contributed by atoms with Crippen LogP contribution >= 0.6 is 0 Å². The molecule has 102 valence electrons. The highest BCUT2D eigenvalue weighted by molar-refractivity contribution is 5.89. The number of hydrogen-bond donors (Lipinski definition) is 2. The van der Waals surface area contributed by atoms with Gasteiger partial charge < -0.3 is 10.4 Å². The molecule has 0 atom stereocenters. The Hall–Kier alpha value is -2.96. The zero-order valence-corrected chi connectivity index (χ0v) is 10.0. The molecule has 0 saturated heterocycles. The summed E-state index contributed by atoms with van der Waals surface area (Å²) in [6.45, 7) is 0. The van der Waals surface area contributed by atoms with E-state index in [0.717, 1.165) is 6.07 Å². The zero-order valence-electron chi connectivity index (χ0n) is 10.0. The SMILES string of the molecule is O=C(O)c1cccc(Nc2cccc(F)c2[N+](=O)[O-])c1. The molecule has 0 aliphatic carbocycles. The summed E-state index contributed by atoms with van der Waals surface area (Å²) in [6, 6.07) is 9.35. The first-order valence-corrected chi connectivity index (χ1v) is 5.52. The van der Waals surface area contributed by atoms with Gasteiger partial charge in [0.2, 0.25) is 5.82 Å². The van der Waals surface area contributed by atoms with Crippen molar-refractivity contribution in [1.82, 2.24) is 0 Å². The Morgan fingerprint density at radius 2 is 1.95 bits per heavy atom. The van der Waals surface area contributed by atoms with Gasteiger partial charge in [-0.25, -0.2) is 4.79 Å². The van der Waals surface area contributed by atoms with Gasteiger partial charge >= 0.3 is 11.7 Å². The number of nitro benzene ring substituents is 1. The van der Waals surface area contributed by atoms with Gasteiger partial charge in [0.15, 0.2) is 0 Å². The highest BCUT2D eigenvalue weighted by atomic mass is 19.1. The third-order valence-electron chi connectivity index (χ3n) is 2.56. The van der Waals surface area contributed by atoms with Crippen molar-refractivity contribution in [2.45, 2.75) is 0 Å². The lowest BCUT2D eigenvalue weighted by Crippen LogP contribution is -2.01. The molecule has 0 aromatic heterocycles. The van der Waals surface area contributed by atoms with Crippen LogP contribution < -0.4 is 5.32 Å². The summed E-state index contributed by atoms with van der Waals surface area (Å²) >= 11 is 0. The van der Waals surface area contributed by atoms with E-state index >= 15 is 0 Å². The van der Waals surface area contributed by atoms with Gasteiger partial charge in [0.1, 0.15) is 5.69 Å². The summed E-state index contributed by atoms with van der Waals surface area (Å²) in [5, 5.41) is 22.4. The largest absolute Gasteiger partial charge is 0.478 e. The van der Waals surface area contributed by atoms with Crippen LogP contribution in [0, 0.1) is 15.9 Å². The smallest absolute Gasteiger partial charge is 0.335 e.